The highest BCUT2D eigenvalue weighted by molar-refractivity contribution is 5.98. The second-order valence-corrected chi connectivity index (χ2v) is 8.55. The molecular formula is C24H27F2N3O2. The van der Waals surface area contributed by atoms with Crippen molar-refractivity contribution in [2.24, 2.45) is 5.92 Å². The lowest BCUT2D eigenvalue weighted by Crippen LogP contribution is -2.42. The Hall–Kier alpha value is -2.83. The number of benzene rings is 1. The molecule has 1 aromatic heterocycles. The molecule has 0 N–H and O–H groups in total. The molecule has 0 spiro atoms. The lowest BCUT2D eigenvalue weighted by molar-refractivity contribution is -0.128. The Labute approximate surface area is 181 Å². The van der Waals surface area contributed by atoms with E-state index in [1.54, 1.807) is 30.2 Å². The number of hydrogen-bond donors (Lipinski definition) is 0. The maximum atomic E-state index is 14.1. The smallest absolute Gasteiger partial charge is 0.230 e. The Kier molecular flexibility index (Phi) is 6.30. The summed E-state index contributed by atoms with van der Waals surface area (Å²) in [6.45, 7) is 3.37. The molecule has 1 amide bonds. The second-order valence-electron chi connectivity index (χ2n) is 8.55. The van der Waals surface area contributed by atoms with Crippen molar-refractivity contribution in [2.45, 2.75) is 45.2 Å². The van der Waals surface area contributed by atoms with Gasteiger partial charge in [0.25, 0.3) is 0 Å². The van der Waals surface area contributed by atoms with E-state index in [1.807, 2.05) is 17.0 Å². The molecule has 3 heterocycles. The number of Topliss-reactive ketones (excluding diaryl/α,β-unsaturated/α-hetero) is 1. The third-order valence-corrected chi connectivity index (χ3v) is 6.12. The fraction of sp³-hybridized carbons (Fsp3) is 0.458. The highest BCUT2D eigenvalue weighted by Crippen LogP contribution is 2.28. The Morgan fingerprint density at radius 2 is 2.03 bits per heavy atom. The largest absolute Gasteiger partial charge is 0.354 e. The van der Waals surface area contributed by atoms with E-state index in [-0.39, 0.29) is 30.3 Å². The fourth-order valence-corrected chi connectivity index (χ4v) is 4.40. The van der Waals surface area contributed by atoms with Gasteiger partial charge in [-0.3, -0.25) is 9.59 Å². The monoisotopic (exact) mass is 427 g/mol. The van der Waals surface area contributed by atoms with Gasteiger partial charge in [0.15, 0.2) is 0 Å². The summed E-state index contributed by atoms with van der Waals surface area (Å²) in [7, 11) is 0. The summed E-state index contributed by atoms with van der Waals surface area (Å²) in [5.41, 5.74) is 1.86. The minimum atomic E-state index is -0.822. The molecule has 0 saturated carbocycles. The van der Waals surface area contributed by atoms with Gasteiger partial charge in [0.1, 0.15) is 23.6 Å². The van der Waals surface area contributed by atoms with Crippen molar-refractivity contribution in [3.63, 3.8) is 0 Å². The van der Waals surface area contributed by atoms with Crippen molar-refractivity contribution in [3.05, 3.63) is 53.5 Å². The standard InChI is InChI=1S/C24H27F2N3O2/c1-16-4-5-17(22(26)11-16)12-21(30)13-18-3-2-9-29(24(18)31)20-6-7-23(27-14-20)28-10-8-19(25)15-28/h4-7,11,14,18-19H,2-3,8-10,12-13,15H2,1H3/t18-,19+/m0/s1. The van der Waals surface area contributed by atoms with Crippen molar-refractivity contribution < 1.29 is 18.4 Å². The second kappa shape index (κ2) is 9.12. The molecule has 7 heteroatoms. The van der Waals surface area contributed by atoms with Crippen LogP contribution in [-0.4, -0.2) is 42.5 Å². The van der Waals surface area contributed by atoms with Crippen LogP contribution in [0, 0.1) is 18.7 Å². The van der Waals surface area contributed by atoms with Crippen LogP contribution in [0.2, 0.25) is 0 Å². The molecule has 2 fully saturated rings. The first-order valence-corrected chi connectivity index (χ1v) is 10.8. The summed E-state index contributed by atoms with van der Waals surface area (Å²) in [4.78, 5) is 33.6. The average Bonchev–Trinajstić information content (AvgIpc) is 3.18. The van der Waals surface area contributed by atoms with Crippen LogP contribution in [0.4, 0.5) is 20.3 Å². The topological polar surface area (TPSA) is 53.5 Å². The van der Waals surface area contributed by atoms with Crippen LogP contribution in [-0.2, 0) is 16.0 Å². The SMILES string of the molecule is Cc1ccc(CC(=O)C[C@@H]2CCCN(c3ccc(N4CC[C@@H](F)C4)nc3)C2=O)c(F)c1. The number of halogens is 2. The van der Waals surface area contributed by atoms with Gasteiger partial charge in [0.2, 0.25) is 5.91 Å². The van der Waals surface area contributed by atoms with Gasteiger partial charge in [-0.2, -0.15) is 0 Å². The molecule has 164 valence electrons. The van der Waals surface area contributed by atoms with Crippen molar-refractivity contribution >= 4 is 23.2 Å². The number of alkyl halides is 1. The van der Waals surface area contributed by atoms with Crippen LogP contribution in [0.3, 0.4) is 0 Å². The first-order chi connectivity index (χ1) is 14.9. The van der Waals surface area contributed by atoms with E-state index in [2.05, 4.69) is 4.98 Å². The molecule has 2 saturated heterocycles. The third kappa shape index (κ3) is 4.92. The summed E-state index contributed by atoms with van der Waals surface area (Å²) in [6, 6.07) is 8.48. The molecule has 2 atom stereocenters. The first-order valence-electron chi connectivity index (χ1n) is 10.8. The number of carbonyl (C=O) groups is 2. The number of aryl methyl sites for hydroxylation is 1. The van der Waals surface area contributed by atoms with Crippen LogP contribution < -0.4 is 9.80 Å². The number of pyridine rings is 1. The van der Waals surface area contributed by atoms with Gasteiger partial charge in [-0.15, -0.1) is 0 Å². The molecule has 0 unspecified atom stereocenters. The van der Waals surface area contributed by atoms with Gasteiger partial charge >= 0.3 is 0 Å². The van der Waals surface area contributed by atoms with E-state index in [9.17, 15) is 18.4 Å². The van der Waals surface area contributed by atoms with E-state index >= 15 is 0 Å². The molecule has 2 aliphatic heterocycles. The van der Waals surface area contributed by atoms with Crippen LogP contribution in [0.25, 0.3) is 0 Å². The van der Waals surface area contributed by atoms with Gasteiger partial charge in [-0.05, 0) is 55.5 Å². The van der Waals surface area contributed by atoms with E-state index in [0.717, 1.165) is 12.0 Å². The Bertz CT molecular complexity index is 964. The summed E-state index contributed by atoms with van der Waals surface area (Å²) in [6.07, 6.45) is 2.88. The molecule has 2 aromatic rings. The zero-order valence-electron chi connectivity index (χ0n) is 17.7. The molecule has 0 bridgehead atoms. The number of nitrogens with zero attached hydrogens (tertiary/aromatic N) is 3. The Morgan fingerprint density at radius 1 is 1.19 bits per heavy atom. The fourth-order valence-electron chi connectivity index (χ4n) is 4.40. The number of ketones is 1. The number of rotatable bonds is 6. The quantitative estimate of drug-likeness (QED) is 0.699. The third-order valence-electron chi connectivity index (χ3n) is 6.12. The van der Waals surface area contributed by atoms with E-state index in [0.29, 0.717) is 49.5 Å². The maximum absolute atomic E-state index is 14.1. The van der Waals surface area contributed by atoms with Gasteiger partial charge < -0.3 is 9.80 Å². The van der Waals surface area contributed by atoms with Crippen LogP contribution >= 0.6 is 0 Å². The Balaban J connectivity index is 1.39. The number of hydrogen-bond acceptors (Lipinski definition) is 4. The number of carbonyl (C=O) groups excluding carboxylic acids is 2. The highest BCUT2D eigenvalue weighted by Gasteiger charge is 2.32. The van der Waals surface area contributed by atoms with E-state index in [1.165, 1.54) is 6.07 Å². The molecule has 0 aliphatic carbocycles. The van der Waals surface area contributed by atoms with Gasteiger partial charge in [-0.1, -0.05) is 12.1 Å². The summed E-state index contributed by atoms with van der Waals surface area (Å²) < 4.78 is 27.5. The zero-order valence-corrected chi connectivity index (χ0v) is 17.7. The molecule has 2 aliphatic rings. The number of anilines is 2. The maximum Gasteiger partial charge on any atom is 0.230 e. The Morgan fingerprint density at radius 3 is 2.71 bits per heavy atom. The van der Waals surface area contributed by atoms with Gasteiger partial charge in [0.05, 0.1) is 18.4 Å². The van der Waals surface area contributed by atoms with Crippen molar-refractivity contribution in [1.29, 1.82) is 0 Å². The first kappa shape index (κ1) is 21.4. The van der Waals surface area contributed by atoms with Crippen molar-refractivity contribution in [3.8, 4) is 0 Å². The number of piperidine rings is 1. The highest BCUT2D eigenvalue weighted by atomic mass is 19.1. The number of aromatic nitrogens is 1. The van der Waals surface area contributed by atoms with Crippen LogP contribution in [0.1, 0.15) is 36.8 Å². The van der Waals surface area contributed by atoms with E-state index < -0.39 is 12.1 Å². The van der Waals surface area contributed by atoms with Gasteiger partial charge in [0, 0.05) is 31.8 Å². The summed E-state index contributed by atoms with van der Waals surface area (Å²) in [5, 5.41) is 0. The van der Waals surface area contributed by atoms with E-state index in [4.69, 9.17) is 0 Å². The normalized spacial score (nSPS) is 21.6. The number of amides is 1. The summed E-state index contributed by atoms with van der Waals surface area (Å²) in [5.74, 6) is -0.302. The molecule has 4 rings (SSSR count). The van der Waals surface area contributed by atoms with Crippen LogP contribution in [0.15, 0.2) is 36.5 Å². The minimum absolute atomic E-state index is 0.00243. The van der Waals surface area contributed by atoms with Crippen molar-refractivity contribution in [2.75, 3.05) is 29.4 Å². The summed E-state index contributed by atoms with van der Waals surface area (Å²) >= 11 is 0. The molecule has 1 aromatic carbocycles. The molecule has 5 nitrogen and oxygen atoms in total. The zero-order chi connectivity index (χ0) is 22.0. The minimum Gasteiger partial charge on any atom is -0.354 e. The molecular weight excluding hydrogens is 400 g/mol. The van der Waals surface area contributed by atoms with Crippen molar-refractivity contribution in [1.82, 2.24) is 4.98 Å². The van der Waals surface area contributed by atoms with Crippen LogP contribution in [0.5, 0.6) is 0 Å². The lowest BCUT2D eigenvalue weighted by atomic mass is 9.90. The predicted octanol–water partition coefficient (Wildman–Crippen LogP) is 4.02. The average molecular weight is 427 g/mol. The predicted molar refractivity (Wildman–Crippen MR) is 116 cm³/mol. The lowest BCUT2D eigenvalue weighted by Gasteiger charge is -2.32. The molecule has 0 radical (unpaired) electrons. The molecule has 31 heavy (non-hydrogen) atoms. The van der Waals surface area contributed by atoms with Gasteiger partial charge in [-0.25, -0.2) is 13.8 Å².